The highest BCUT2D eigenvalue weighted by Gasteiger charge is 2.03. The van der Waals surface area contributed by atoms with E-state index in [4.69, 9.17) is 0 Å². The number of aromatic hydroxyl groups is 3. The molecular formula is C16H16O3. The van der Waals surface area contributed by atoms with E-state index in [1.807, 2.05) is 19.1 Å². The van der Waals surface area contributed by atoms with Gasteiger partial charge in [-0.25, -0.2) is 0 Å². The number of hydrogen-bond acceptors (Lipinski definition) is 3. The van der Waals surface area contributed by atoms with Crippen LogP contribution < -0.4 is 0 Å². The predicted octanol–water partition coefficient (Wildman–Crippen LogP) is 3.59. The summed E-state index contributed by atoms with van der Waals surface area (Å²) in [5, 5.41) is 28.7. The van der Waals surface area contributed by atoms with Crippen molar-refractivity contribution in [2.24, 2.45) is 0 Å². The van der Waals surface area contributed by atoms with Crippen LogP contribution in [0.15, 0.2) is 30.3 Å². The molecule has 0 saturated carbocycles. The summed E-state index contributed by atoms with van der Waals surface area (Å²) in [6, 6.07) is 8.49. The van der Waals surface area contributed by atoms with E-state index in [0.29, 0.717) is 11.1 Å². The molecule has 3 nitrogen and oxygen atoms in total. The first-order valence-corrected chi connectivity index (χ1v) is 5.97. The molecule has 2 aromatic rings. The predicted molar refractivity (Wildman–Crippen MR) is 76.3 cm³/mol. The van der Waals surface area contributed by atoms with Crippen molar-refractivity contribution in [2.75, 3.05) is 0 Å². The lowest BCUT2D eigenvalue weighted by Gasteiger charge is -2.04. The Kier molecular flexibility index (Phi) is 3.47. The summed E-state index contributed by atoms with van der Waals surface area (Å²) in [7, 11) is 0. The van der Waals surface area contributed by atoms with Gasteiger partial charge in [0.1, 0.15) is 17.2 Å². The van der Waals surface area contributed by atoms with Crippen molar-refractivity contribution in [2.45, 2.75) is 13.8 Å². The van der Waals surface area contributed by atoms with E-state index in [1.54, 1.807) is 37.3 Å². The second kappa shape index (κ2) is 5.06. The minimum atomic E-state index is 0.0709. The first-order valence-electron chi connectivity index (χ1n) is 5.97. The highest BCUT2D eigenvalue weighted by molar-refractivity contribution is 5.72. The smallest absolute Gasteiger partial charge is 0.122 e. The van der Waals surface area contributed by atoms with E-state index in [2.05, 4.69) is 0 Å². The minimum absolute atomic E-state index is 0.0709. The van der Waals surface area contributed by atoms with E-state index in [0.717, 1.165) is 11.1 Å². The van der Waals surface area contributed by atoms with Gasteiger partial charge < -0.3 is 15.3 Å². The fraction of sp³-hybridized carbons (Fsp3) is 0.125. The van der Waals surface area contributed by atoms with Gasteiger partial charge in [-0.3, -0.25) is 0 Å². The van der Waals surface area contributed by atoms with Gasteiger partial charge in [0, 0.05) is 5.56 Å². The molecule has 0 aliphatic rings. The van der Waals surface area contributed by atoms with Crippen LogP contribution in [0.4, 0.5) is 0 Å². The SMILES string of the molecule is Cc1cc(/C=C\c2cc(O)c(C)c(O)c2)ccc1O. The zero-order valence-electron chi connectivity index (χ0n) is 10.9. The van der Waals surface area contributed by atoms with Gasteiger partial charge in [0.2, 0.25) is 0 Å². The molecule has 0 aliphatic heterocycles. The zero-order chi connectivity index (χ0) is 14.0. The second-order valence-electron chi connectivity index (χ2n) is 4.56. The van der Waals surface area contributed by atoms with Gasteiger partial charge in [0.15, 0.2) is 0 Å². The van der Waals surface area contributed by atoms with Crippen molar-refractivity contribution in [3.63, 3.8) is 0 Å². The molecule has 0 radical (unpaired) electrons. The monoisotopic (exact) mass is 256 g/mol. The van der Waals surface area contributed by atoms with Crippen molar-refractivity contribution in [1.82, 2.24) is 0 Å². The van der Waals surface area contributed by atoms with Gasteiger partial charge >= 0.3 is 0 Å². The number of benzene rings is 2. The van der Waals surface area contributed by atoms with Crippen LogP contribution in [0.2, 0.25) is 0 Å². The van der Waals surface area contributed by atoms with Crippen molar-refractivity contribution in [3.05, 3.63) is 52.6 Å². The largest absolute Gasteiger partial charge is 0.508 e. The number of rotatable bonds is 2. The fourth-order valence-corrected chi connectivity index (χ4v) is 1.78. The number of hydrogen-bond donors (Lipinski definition) is 3. The molecule has 0 heterocycles. The topological polar surface area (TPSA) is 60.7 Å². The van der Waals surface area contributed by atoms with Crippen LogP contribution in [-0.2, 0) is 0 Å². The molecule has 0 fully saturated rings. The third-order valence-corrected chi connectivity index (χ3v) is 3.06. The van der Waals surface area contributed by atoms with Crippen molar-refractivity contribution >= 4 is 12.2 Å². The summed E-state index contributed by atoms with van der Waals surface area (Å²) in [6.07, 6.45) is 3.65. The number of aryl methyl sites for hydroxylation is 1. The Balaban J connectivity index is 2.30. The summed E-state index contributed by atoms with van der Waals surface area (Å²) >= 11 is 0. The molecule has 0 amide bonds. The molecule has 0 aromatic heterocycles. The van der Waals surface area contributed by atoms with Crippen LogP contribution in [0, 0.1) is 13.8 Å². The van der Waals surface area contributed by atoms with Gasteiger partial charge in [0.25, 0.3) is 0 Å². The molecular weight excluding hydrogens is 240 g/mol. The highest BCUT2D eigenvalue weighted by Crippen LogP contribution is 2.28. The molecule has 2 rings (SSSR count). The molecule has 98 valence electrons. The Labute approximate surface area is 112 Å². The van der Waals surface area contributed by atoms with Gasteiger partial charge in [-0.05, 0) is 54.8 Å². The average molecular weight is 256 g/mol. The lowest BCUT2D eigenvalue weighted by molar-refractivity contribution is 0.443. The van der Waals surface area contributed by atoms with Crippen LogP contribution in [-0.4, -0.2) is 15.3 Å². The Bertz CT molecular complexity index is 619. The van der Waals surface area contributed by atoms with Gasteiger partial charge in [0.05, 0.1) is 0 Å². The molecule has 0 unspecified atom stereocenters. The van der Waals surface area contributed by atoms with E-state index in [1.165, 1.54) is 0 Å². The number of phenols is 3. The molecule has 3 heteroatoms. The molecule has 3 N–H and O–H groups in total. The quantitative estimate of drug-likeness (QED) is 0.719. The van der Waals surface area contributed by atoms with Crippen LogP contribution in [0.25, 0.3) is 12.2 Å². The third kappa shape index (κ3) is 2.88. The van der Waals surface area contributed by atoms with Crippen molar-refractivity contribution < 1.29 is 15.3 Å². The molecule has 0 atom stereocenters. The van der Waals surface area contributed by atoms with E-state index >= 15 is 0 Å². The maximum Gasteiger partial charge on any atom is 0.122 e. The van der Waals surface area contributed by atoms with Crippen LogP contribution in [0.5, 0.6) is 17.2 Å². The lowest BCUT2D eigenvalue weighted by Crippen LogP contribution is -1.80. The summed E-state index contributed by atoms with van der Waals surface area (Å²) in [6.45, 7) is 3.48. The zero-order valence-corrected chi connectivity index (χ0v) is 10.9. The van der Waals surface area contributed by atoms with Gasteiger partial charge in [-0.15, -0.1) is 0 Å². The Morgan fingerprint density at radius 1 is 0.737 bits per heavy atom. The summed E-state index contributed by atoms with van der Waals surface area (Å²) in [5.74, 6) is 0.408. The fourth-order valence-electron chi connectivity index (χ4n) is 1.78. The van der Waals surface area contributed by atoms with E-state index in [-0.39, 0.29) is 17.2 Å². The van der Waals surface area contributed by atoms with Crippen LogP contribution in [0.3, 0.4) is 0 Å². The normalized spacial score (nSPS) is 11.1. The van der Waals surface area contributed by atoms with Gasteiger partial charge in [-0.2, -0.15) is 0 Å². The maximum absolute atomic E-state index is 9.63. The highest BCUT2D eigenvalue weighted by atomic mass is 16.3. The molecule has 0 bridgehead atoms. The van der Waals surface area contributed by atoms with E-state index in [9.17, 15) is 15.3 Å². The first kappa shape index (κ1) is 13.0. The third-order valence-electron chi connectivity index (χ3n) is 3.06. The maximum atomic E-state index is 9.63. The van der Waals surface area contributed by atoms with E-state index < -0.39 is 0 Å². The molecule has 0 saturated heterocycles. The Morgan fingerprint density at radius 3 is 1.89 bits per heavy atom. The van der Waals surface area contributed by atoms with Crippen molar-refractivity contribution in [1.29, 1.82) is 0 Å². The minimum Gasteiger partial charge on any atom is -0.508 e. The van der Waals surface area contributed by atoms with Gasteiger partial charge in [-0.1, -0.05) is 18.2 Å². The van der Waals surface area contributed by atoms with Crippen molar-refractivity contribution in [3.8, 4) is 17.2 Å². The number of phenolic OH excluding ortho intramolecular Hbond substituents is 3. The molecule has 0 spiro atoms. The Morgan fingerprint density at radius 2 is 1.32 bits per heavy atom. The summed E-state index contributed by atoms with van der Waals surface area (Å²) in [5.41, 5.74) is 2.93. The van der Waals surface area contributed by atoms with Crippen LogP contribution in [0.1, 0.15) is 22.3 Å². The van der Waals surface area contributed by atoms with Crippen LogP contribution >= 0.6 is 0 Å². The second-order valence-corrected chi connectivity index (χ2v) is 4.56. The standard InChI is InChI=1S/C16H16O3/c1-10-7-12(5-6-14(10)17)3-4-13-8-15(18)11(2)16(19)9-13/h3-9,17-19H,1-2H3/b4-3-. The molecule has 0 aliphatic carbocycles. The first-order chi connectivity index (χ1) is 8.97. The molecule has 19 heavy (non-hydrogen) atoms. The summed E-state index contributed by atoms with van der Waals surface area (Å²) < 4.78 is 0. The Hall–Kier alpha value is -2.42. The summed E-state index contributed by atoms with van der Waals surface area (Å²) in [4.78, 5) is 0. The molecule has 2 aromatic carbocycles. The average Bonchev–Trinajstić information content (AvgIpc) is 2.37. The lowest BCUT2D eigenvalue weighted by atomic mass is 10.1.